The highest BCUT2D eigenvalue weighted by Gasteiger charge is 2.55. The molecule has 0 aliphatic carbocycles. The molecule has 1 aliphatic rings. The summed E-state index contributed by atoms with van der Waals surface area (Å²) in [4.78, 5) is 17.9. The van der Waals surface area contributed by atoms with Gasteiger partial charge < -0.3 is 0 Å². The summed E-state index contributed by atoms with van der Waals surface area (Å²) >= 11 is 12.3. The van der Waals surface area contributed by atoms with Crippen molar-refractivity contribution >= 4 is 40.6 Å². The molecule has 160 valence electrons. The maximum absolute atomic E-state index is 14.0. The Morgan fingerprint density at radius 2 is 1.48 bits per heavy atom. The van der Waals surface area contributed by atoms with E-state index >= 15 is 0 Å². The second kappa shape index (κ2) is 8.57. The van der Waals surface area contributed by atoms with Gasteiger partial charge in [0.05, 0.1) is 11.6 Å². The summed E-state index contributed by atoms with van der Waals surface area (Å²) in [7, 11) is 0. The number of halogens is 2. The fourth-order valence-corrected chi connectivity index (χ4v) is 5.05. The van der Waals surface area contributed by atoms with E-state index in [9.17, 15) is 4.79 Å². The van der Waals surface area contributed by atoms with Crippen LogP contribution in [-0.4, -0.2) is 11.6 Å². The van der Waals surface area contributed by atoms with Crippen LogP contribution in [-0.2, 0) is 0 Å². The van der Waals surface area contributed by atoms with Gasteiger partial charge >= 0.3 is 6.03 Å². The van der Waals surface area contributed by atoms with Crippen LogP contribution >= 0.6 is 23.2 Å². The van der Waals surface area contributed by atoms with Gasteiger partial charge in [0.2, 0.25) is 0 Å². The van der Waals surface area contributed by atoms with Gasteiger partial charge in [-0.2, -0.15) is 0 Å². The number of carbonyl (C=O) groups is 1. The molecule has 3 aromatic rings. The Hall–Kier alpha value is -2.49. The van der Waals surface area contributed by atoms with Gasteiger partial charge in [0.1, 0.15) is 0 Å². The molecule has 0 unspecified atom stereocenters. The van der Waals surface area contributed by atoms with E-state index in [4.69, 9.17) is 23.2 Å². The monoisotopic (exact) mass is 452 g/mol. The van der Waals surface area contributed by atoms with Crippen LogP contribution in [0, 0.1) is 6.92 Å². The molecule has 2 amide bonds. The molecule has 0 radical (unpaired) electrons. The SMILES string of the molecule is CCC[C@]1(C)[C@@H](c2cccc(C)c2)N(c2ccc(Cl)cc2)C(=O)N1c1ccc(Cl)cc1. The van der Waals surface area contributed by atoms with Gasteiger partial charge in [-0.3, -0.25) is 9.80 Å². The average molecular weight is 453 g/mol. The smallest absolute Gasteiger partial charge is 0.286 e. The van der Waals surface area contributed by atoms with Crippen molar-refractivity contribution in [3.63, 3.8) is 0 Å². The van der Waals surface area contributed by atoms with E-state index in [1.165, 1.54) is 5.56 Å². The Balaban J connectivity index is 1.94. The highest BCUT2D eigenvalue weighted by atomic mass is 35.5. The number of hydrogen-bond donors (Lipinski definition) is 0. The second-order valence-corrected chi connectivity index (χ2v) is 9.24. The number of nitrogens with zero attached hydrogens (tertiary/aromatic N) is 2. The molecule has 1 heterocycles. The van der Waals surface area contributed by atoms with E-state index in [2.05, 4.69) is 45.0 Å². The number of amides is 2. The van der Waals surface area contributed by atoms with Crippen molar-refractivity contribution in [2.45, 2.75) is 45.2 Å². The first-order valence-corrected chi connectivity index (χ1v) is 11.3. The van der Waals surface area contributed by atoms with Crippen LogP contribution in [0.15, 0.2) is 72.8 Å². The van der Waals surface area contributed by atoms with Crippen molar-refractivity contribution in [2.24, 2.45) is 0 Å². The third-order valence-electron chi connectivity index (χ3n) is 6.06. The molecule has 0 saturated carbocycles. The fourth-order valence-electron chi connectivity index (χ4n) is 4.80. The molecule has 0 N–H and O–H groups in total. The molecule has 2 atom stereocenters. The lowest BCUT2D eigenvalue weighted by Gasteiger charge is -2.39. The van der Waals surface area contributed by atoms with E-state index in [0.29, 0.717) is 10.0 Å². The summed E-state index contributed by atoms with van der Waals surface area (Å²) < 4.78 is 0. The largest absolute Gasteiger partial charge is 0.330 e. The lowest BCUT2D eigenvalue weighted by Crippen LogP contribution is -2.46. The minimum absolute atomic E-state index is 0.0490. The topological polar surface area (TPSA) is 23.6 Å². The number of hydrogen-bond acceptors (Lipinski definition) is 1. The lowest BCUT2D eigenvalue weighted by atomic mass is 9.82. The van der Waals surface area contributed by atoms with Gasteiger partial charge in [-0.05, 0) is 74.4 Å². The zero-order valence-electron chi connectivity index (χ0n) is 18.0. The van der Waals surface area contributed by atoms with Gasteiger partial charge in [-0.25, -0.2) is 4.79 Å². The number of carbonyl (C=O) groups excluding carboxylic acids is 1. The Morgan fingerprint density at radius 1 is 0.903 bits per heavy atom. The summed E-state index contributed by atoms with van der Waals surface area (Å²) in [6.07, 6.45) is 1.80. The van der Waals surface area contributed by atoms with E-state index in [1.54, 1.807) is 0 Å². The molecule has 31 heavy (non-hydrogen) atoms. The molecule has 1 fully saturated rings. The predicted molar refractivity (Wildman–Crippen MR) is 130 cm³/mol. The van der Waals surface area contributed by atoms with Crippen LogP contribution in [0.2, 0.25) is 10.0 Å². The molecule has 5 heteroatoms. The minimum Gasteiger partial charge on any atom is -0.286 e. The molecule has 0 aromatic heterocycles. The first kappa shape index (κ1) is 21.7. The standard InChI is InChI=1S/C26H26Cl2N2O/c1-4-16-26(3)24(19-7-5-6-18(2)17-19)29(22-12-8-20(27)9-13-22)25(31)30(26)23-14-10-21(28)11-15-23/h5-15,17,24H,4,16H2,1-3H3/t24-,26-/m1/s1. The molecule has 1 aliphatic heterocycles. The zero-order valence-corrected chi connectivity index (χ0v) is 19.5. The second-order valence-electron chi connectivity index (χ2n) is 8.36. The highest BCUT2D eigenvalue weighted by molar-refractivity contribution is 6.31. The summed E-state index contributed by atoms with van der Waals surface area (Å²) in [6, 6.07) is 23.3. The maximum Gasteiger partial charge on any atom is 0.330 e. The van der Waals surface area contributed by atoms with Crippen LogP contribution in [0.3, 0.4) is 0 Å². The van der Waals surface area contributed by atoms with Crippen molar-refractivity contribution in [2.75, 3.05) is 9.80 Å². The van der Waals surface area contributed by atoms with Crippen molar-refractivity contribution in [3.05, 3.63) is 94.0 Å². The van der Waals surface area contributed by atoms with Crippen molar-refractivity contribution in [1.29, 1.82) is 0 Å². The Bertz CT molecular complexity index is 1080. The summed E-state index contributed by atoms with van der Waals surface area (Å²) in [5.74, 6) is 0. The fraction of sp³-hybridized carbons (Fsp3) is 0.269. The number of rotatable bonds is 5. The molecule has 3 nitrogen and oxygen atoms in total. The average Bonchev–Trinajstić information content (AvgIpc) is 2.96. The molecule has 1 saturated heterocycles. The van der Waals surface area contributed by atoms with E-state index in [1.807, 2.05) is 58.3 Å². The van der Waals surface area contributed by atoms with Crippen molar-refractivity contribution in [1.82, 2.24) is 0 Å². The third kappa shape index (κ3) is 3.93. The molecule has 0 bridgehead atoms. The highest BCUT2D eigenvalue weighted by Crippen LogP contribution is 2.50. The van der Waals surface area contributed by atoms with Gasteiger partial charge in [0.25, 0.3) is 0 Å². The number of urea groups is 1. The van der Waals surface area contributed by atoms with Crippen LogP contribution in [0.5, 0.6) is 0 Å². The number of benzene rings is 3. The first-order chi connectivity index (χ1) is 14.8. The molecule has 0 spiro atoms. The van der Waals surface area contributed by atoms with Gasteiger partial charge in [-0.15, -0.1) is 0 Å². The number of aryl methyl sites for hydroxylation is 1. The molecular weight excluding hydrogens is 427 g/mol. The molecule has 3 aromatic carbocycles. The van der Waals surface area contributed by atoms with Gasteiger partial charge in [-0.1, -0.05) is 66.4 Å². The van der Waals surface area contributed by atoms with Crippen molar-refractivity contribution in [3.8, 4) is 0 Å². The Morgan fingerprint density at radius 3 is 2.03 bits per heavy atom. The van der Waals surface area contributed by atoms with Crippen LogP contribution in [0.1, 0.15) is 43.9 Å². The molecule has 4 rings (SSSR count). The predicted octanol–water partition coefficient (Wildman–Crippen LogP) is 8.05. The van der Waals surface area contributed by atoms with E-state index in [0.717, 1.165) is 29.8 Å². The van der Waals surface area contributed by atoms with Crippen LogP contribution < -0.4 is 9.80 Å². The summed E-state index contributed by atoms with van der Waals surface area (Å²) in [6.45, 7) is 6.43. The zero-order chi connectivity index (χ0) is 22.2. The van der Waals surface area contributed by atoms with Gasteiger partial charge in [0.15, 0.2) is 0 Å². The van der Waals surface area contributed by atoms with E-state index < -0.39 is 5.54 Å². The van der Waals surface area contributed by atoms with Crippen molar-refractivity contribution < 1.29 is 4.79 Å². The van der Waals surface area contributed by atoms with E-state index in [-0.39, 0.29) is 12.1 Å². The maximum atomic E-state index is 14.0. The van der Waals surface area contributed by atoms with Crippen LogP contribution in [0.25, 0.3) is 0 Å². The number of anilines is 2. The third-order valence-corrected chi connectivity index (χ3v) is 6.56. The normalized spacial score (nSPS) is 21.1. The first-order valence-electron chi connectivity index (χ1n) is 10.6. The Kier molecular flexibility index (Phi) is 6.00. The summed E-state index contributed by atoms with van der Waals surface area (Å²) in [5.41, 5.74) is 3.52. The minimum atomic E-state index is -0.451. The van der Waals surface area contributed by atoms with Gasteiger partial charge in [0, 0.05) is 21.4 Å². The molecular formula is C26H26Cl2N2O. The quantitative estimate of drug-likeness (QED) is 0.383. The van der Waals surface area contributed by atoms with Crippen LogP contribution in [0.4, 0.5) is 16.2 Å². The Labute approximate surface area is 194 Å². The summed E-state index contributed by atoms with van der Waals surface area (Å²) in [5, 5.41) is 1.30. The lowest BCUT2D eigenvalue weighted by molar-refractivity contribution is 0.253.